The second-order valence-corrected chi connectivity index (χ2v) is 5.32. The van der Waals surface area contributed by atoms with E-state index in [1.807, 2.05) is 0 Å². The van der Waals surface area contributed by atoms with Crippen molar-refractivity contribution in [3.8, 4) is 5.75 Å². The maximum atomic E-state index is 5.44. The van der Waals surface area contributed by atoms with E-state index in [0.717, 1.165) is 18.7 Å². The standard InChI is InChI=1S/C16H27NO/c1-6-17-14(4)9-13(3)11-15-10-12(2)7-8-16(15)18-5/h7-8,10,13-14,17H,6,9,11H2,1-5H3. The second-order valence-electron chi connectivity index (χ2n) is 5.32. The number of rotatable bonds is 7. The van der Waals surface area contributed by atoms with E-state index in [0.29, 0.717) is 12.0 Å². The minimum atomic E-state index is 0.584. The van der Waals surface area contributed by atoms with Crippen LogP contribution in [0, 0.1) is 12.8 Å². The molecular weight excluding hydrogens is 222 g/mol. The van der Waals surface area contributed by atoms with E-state index in [-0.39, 0.29) is 0 Å². The van der Waals surface area contributed by atoms with Gasteiger partial charge < -0.3 is 10.1 Å². The smallest absolute Gasteiger partial charge is 0.122 e. The third kappa shape index (κ3) is 4.69. The van der Waals surface area contributed by atoms with Gasteiger partial charge in [0.25, 0.3) is 0 Å². The molecule has 0 bridgehead atoms. The van der Waals surface area contributed by atoms with Crippen LogP contribution >= 0.6 is 0 Å². The van der Waals surface area contributed by atoms with Gasteiger partial charge in [-0.05, 0) is 50.8 Å². The first-order valence-electron chi connectivity index (χ1n) is 6.93. The molecular formula is C16H27NO. The first-order valence-corrected chi connectivity index (χ1v) is 6.93. The van der Waals surface area contributed by atoms with Crippen LogP contribution in [0.3, 0.4) is 0 Å². The van der Waals surface area contributed by atoms with Crippen molar-refractivity contribution >= 4 is 0 Å². The summed E-state index contributed by atoms with van der Waals surface area (Å²) in [5.41, 5.74) is 2.63. The van der Waals surface area contributed by atoms with Gasteiger partial charge in [0.1, 0.15) is 5.75 Å². The van der Waals surface area contributed by atoms with Gasteiger partial charge in [-0.2, -0.15) is 0 Å². The zero-order chi connectivity index (χ0) is 13.5. The van der Waals surface area contributed by atoms with Crippen molar-refractivity contribution in [2.24, 2.45) is 5.92 Å². The fraction of sp³-hybridized carbons (Fsp3) is 0.625. The highest BCUT2D eigenvalue weighted by molar-refractivity contribution is 5.37. The number of benzene rings is 1. The van der Waals surface area contributed by atoms with E-state index in [2.05, 4.69) is 51.2 Å². The van der Waals surface area contributed by atoms with Gasteiger partial charge in [-0.15, -0.1) is 0 Å². The Hall–Kier alpha value is -1.02. The number of hydrogen-bond acceptors (Lipinski definition) is 2. The molecule has 2 heteroatoms. The molecule has 0 saturated heterocycles. The van der Waals surface area contributed by atoms with Gasteiger partial charge in [0.2, 0.25) is 0 Å². The van der Waals surface area contributed by atoms with E-state index in [1.54, 1.807) is 7.11 Å². The Morgan fingerprint density at radius 2 is 2.00 bits per heavy atom. The molecule has 0 spiro atoms. The second kappa shape index (κ2) is 7.42. The average molecular weight is 249 g/mol. The van der Waals surface area contributed by atoms with Crippen molar-refractivity contribution in [3.05, 3.63) is 29.3 Å². The molecule has 1 rings (SSSR count). The Balaban J connectivity index is 2.63. The van der Waals surface area contributed by atoms with Crippen molar-refractivity contribution in [1.29, 1.82) is 0 Å². The topological polar surface area (TPSA) is 21.3 Å². The third-order valence-electron chi connectivity index (χ3n) is 3.31. The lowest BCUT2D eigenvalue weighted by Gasteiger charge is -2.19. The van der Waals surface area contributed by atoms with Gasteiger partial charge >= 0.3 is 0 Å². The SMILES string of the molecule is CCNC(C)CC(C)Cc1cc(C)ccc1OC. The summed E-state index contributed by atoms with van der Waals surface area (Å²) in [6.07, 6.45) is 2.28. The van der Waals surface area contributed by atoms with E-state index in [4.69, 9.17) is 4.74 Å². The monoisotopic (exact) mass is 249 g/mol. The van der Waals surface area contributed by atoms with Gasteiger partial charge in [0, 0.05) is 6.04 Å². The lowest BCUT2D eigenvalue weighted by molar-refractivity contribution is 0.393. The third-order valence-corrected chi connectivity index (χ3v) is 3.31. The molecule has 1 aromatic rings. The number of methoxy groups -OCH3 is 1. The fourth-order valence-corrected chi connectivity index (χ4v) is 2.56. The summed E-state index contributed by atoms with van der Waals surface area (Å²) in [7, 11) is 1.75. The number of nitrogens with one attached hydrogen (secondary N) is 1. The molecule has 0 fully saturated rings. The number of aryl methyl sites for hydroxylation is 1. The molecule has 0 aliphatic carbocycles. The molecule has 0 heterocycles. The number of hydrogen-bond donors (Lipinski definition) is 1. The van der Waals surface area contributed by atoms with Crippen LogP contribution in [0.25, 0.3) is 0 Å². The molecule has 0 amide bonds. The van der Waals surface area contributed by atoms with E-state index < -0.39 is 0 Å². The molecule has 0 aliphatic rings. The van der Waals surface area contributed by atoms with Gasteiger partial charge in [-0.25, -0.2) is 0 Å². The Bertz CT molecular complexity index is 362. The predicted octanol–water partition coefficient (Wildman–Crippen LogP) is 3.57. The molecule has 18 heavy (non-hydrogen) atoms. The minimum Gasteiger partial charge on any atom is -0.496 e. The summed E-state index contributed by atoms with van der Waals surface area (Å²) in [6.45, 7) is 9.91. The fourth-order valence-electron chi connectivity index (χ4n) is 2.56. The molecule has 1 N–H and O–H groups in total. The molecule has 0 saturated carbocycles. The van der Waals surface area contributed by atoms with Crippen molar-refractivity contribution in [2.75, 3.05) is 13.7 Å². The van der Waals surface area contributed by atoms with E-state index >= 15 is 0 Å². The lowest BCUT2D eigenvalue weighted by Crippen LogP contribution is -2.27. The molecule has 102 valence electrons. The summed E-state index contributed by atoms with van der Waals surface area (Å²) in [5, 5.41) is 3.47. The molecule has 0 aromatic heterocycles. The highest BCUT2D eigenvalue weighted by Gasteiger charge is 2.11. The van der Waals surface area contributed by atoms with Crippen LogP contribution in [0.4, 0.5) is 0 Å². The van der Waals surface area contributed by atoms with Gasteiger partial charge in [0.15, 0.2) is 0 Å². The number of ether oxygens (including phenoxy) is 1. The minimum absolute atomic E-state index is 0.584. The summed E-state index contributed by atoms with van der Waals surface area (Å²) in [5.74, 6) is 1.68. The maximum Gasteiger partial charge on any atom is 0.122 e. The van der Waals surface area contributed by atoms with Crippen LogP contribution in [0.2, 0.25) is 0 Å². The molecule has 2 unspecified atom stereocenters. The first-order chi connectivity index (χ1) is 8.56. The molecule has 0 aliphatic heterocycles. The Labute approximate surface area is 112 Å². The highest BCUT2D eigenvalue weighted by atomic mass is 16.5. The van der Waals surface area contributed by atoms with Gasteiger partial charge in [-0.1, -0.05) is 31.5 Å². The van der Waals surface area contributed by atoms with Crippen LogP contribution in [0.15, 0.2) is 18.2 Å². The predicted molar refractivity (Wildman–Crippen MR) is 78.4 cm³/mol. The Morgan fingerprint density at radius 3 is 2.61 bits per heavy atom. The van der Waals surface area contributed by atoms with Gasteiger partial charge in [0.05, 0.1) is 7.11 Å². The largest absolute Gasteiger partial charge is 0.496 e. The Morgan fingerprint density at radius 1 is 1.28 bits per heavy atom. The zero-order valence-electron chi connectivity index (χ0n) is 12.4. The van der Waals surface area contributed by atoms with Gasteiger partial charge in [-0.3, -0.25) is 0 Å². The highest BCUT2D eigenvalue weighted by Crippen LogP contribution is 2.24. The van der Waals surface area contributed by atoms with Crippen molar-refractivity contribution in [3.63, 3.8) is 0 Å². The summed E-state index contributed by atoms with van der Waals surface area (Å²) in [4.78, 5) is 0. The molecule has 1 aromatic carbocycles. The lowest BCUT2D eigenvalue weighted by atomic mass is 9.93. The normalized spacial score (nSPS) is 14.3. The first kappa shape index (κ1) is 15.0. The molecule has 2 nitrogen and oxygen atoms in total. The Kier molecular flexibility index (Phi) is 6.20. The summed E-state index contributed by atoms with van der Waals surface area (Å²) in [6, 6.07) is 7.01. The summed E-state index contributed by atoms with van der Waals surface area (Å²) >= 11 is 0. The van der Waals surface area contributed by atoms with E-state index in [9.17, 15) is 0 Å². The quantitative estimate of drug-likeness (QED) is 0.797. The van der Waals surface area contributed by atoms with Crippen molar-refractivity contribution < 1.29 is 4.74 Å². The van der Waals surface area contributed by atoms with Crippen molar-refractivity contribution in [2.45, 2.75) is 46.6 Å². The van der Waals surface area contributed by atoms with Crippen LogP contribution in [-0.4, -0.2) is 19.7 Å². The zero-order valence-corrected chi connectivity index (χ0v) is 12.4. The van der Waals surface area contributed by atoms with Crippen LogP contribution in [0.5, 0.6) is 5.75 Å². The van der Waals surface area contributed by atoms with Crippen LogP contribution in [0.1, 0.15) is 38.3 Å². The van der Waals surface area contributed by atoms with Crippen molar-refractivity contribution in [1.82, 2.24) is 5.32 Å². The van der Waals surface area contributed by atoms with Crippen LogP contribution < -0.4 is 10.1 Å². The molecule has 2 atom stereocenters. The summed E-state index contributed by atoms with van der Waals surface area (Å²) < 4.78 is 5.44. The van der Waals surface area contributed by atoms with E-state index in [1.165, 1.54) is 17.5 Å². The maximum absolute atomic E-state index is 5.44. The average Bonchev–Trinajstić information content (AvgIpc) is 2.29. The van der Waals surface area contributed by atoms with Crippen LogP contribution in [-0.2, 0) is 6.42 Å². The molecule has 0 radical (unpaired) electrons.